The van der Waals surface area contributed by atoms with Crippen molar-refractivity contribution in [2.75, 3.05) is 12.4 Å². The maximum atomic E-state index is 12.3. The van der Waals surface area contributed by atoms with Crippen molar-refractivity contribution in [1.29, 1.82) is 0 Å². The van der Waals surface area contributed by atoms with E-state index in [2.05, 4.69) is 20.3 Å². The molecule has 0 atom stereocenters. The zero-order valence-corrected chi connectivity index (χ0v) is 12.3. The minimum absolute atomic E-state index is 0.251. The molecule has 0 spiro atoms. The summed E-state index contributed by atoms with van der Waals surface area (Å²) in [5.74, 6) is -0.935. The molecule has 7 nitrogen and oxygen atoms in total. The van der Waals surface area contributed by atoms with Gasteiger partial charge in [-0.05, 0) is 12.1 Å². The third-order valence-corrected chi connectivity index (χ3v) is 3.93. The van der Waals surface area contributed by atoms with Crippen LogP contribution in [0.1, 0.15) is 20.0 Å². The van der Waals surface area contributed by atoms with Gasteiger partial charge in [0.25, 0.3) is 5.91 Å². The lowest BCUT2D eigenvalue weighted by atomic mass is 10.2. The normalized spacial score (nSPS) is 10.4. The third-order valence-electron chi connectivity index (χ3n) is 2.86. The second-order valence-corrected chi connectivity index (χ2v) is 5.20. The zero-order chi connectivity index (χ0) is 15.5. The molecule has 0 unspecified atom stereocenters. The Bertz CT molecular complexity index is 848. The minimum atomic E-state index is -0.550. The Kier molecular flexibility index (Phi) is 3.75. The highest BCUT2D eigenvalue weighted by Gasteiger charge is 2.22. The highest BCUT2D eigenvalue weighted by atomic mass is 32.1. The van der Waals surface area contributed by atoms with Crippen molar-refractivity contribution in [2.24, 2.45) is 0 Å². The Hall–Kier alpha value is -2.87. The Morgan fingerprint density at radius 1 is 1.23 bits per heavy atom. The molecule has 1 amide bonds. The number of rotatable bonds is 3. The summed E-state index contributed by atoms with van der Waals surface area (Å²) >= 11 is 1.12. The minimum Gasteiger partial charge on any atom is -0.465 e. The Morgan fingerprint density at radius 3 is 2.77 bits per heavy atom. The monoisotopic (exact) mass is 314 g/mol. The van der Waals surface area contributed by atoms with Gasteiger partial charge in [0.05, 0.1) is 18.4 Å². The van der Waals surface area contributed by atoms with Crippen LogP contribution < -0.4 is 5.32 Å². The number of fused-ring (bicyclic) bond motifs is 1. The lowest BCUT2D eigenvalue weighted by molar-refractivity contribution is 0.0607. The fourth-order valence-corrected chi connectivity index (χ4v) is 2.84. The quantitative estimate of drug-likeness (QED) is 0.744. The number of ether oxygens (including phenoxy) is 1. The lowest BCUT2D eigenvalue weighted by Crippen LogP contribution is -2.14. The summed E-state index contributed by atoms with van der Waals surface area (Å²) in [6, 6.07) is 3.28. The van der Waals surface area contributed by atoms with Gasteiger partial charge in [0.2, 0.25) is 0 Å². The first-order valence-corrected chi connectivity index (χ1v) is 7.05. The molecule has 3 rings (SSSR count). The van der Waals surface area contributed by atoms with Gasteiger partial charge in [-0.1, -0.05) is 0 Å². The second kappa shape index (κ2) is 5.86. The molecule has 0 aliphatic heterocycles. The molecule has 0 saturated carbocycles. The van der Waals surface area contributed by atoms with Crippen LogP contribution in [0.25, 0.3) is 10.3 Å². The number of pyridine rings is 1. The van der Waals surface area contributed by atoms with Crippen LogP contribution >= 0.6 is 11.3 Å². The van der Waals surface area contributed by atoms with Gasteiger partial charge in [0.15, 0.2) is 0 Å². The van der Waals surface area contributed by atoms with Crippen molar-refractivity contribution in [3.8, 4) is 0 Å². The number of thiophene rings is 1. The Labute approximate surface area is 129 Å². The molecule has 0 radical (unpaired) electrons. The van der Waals surface area contributed by atoms with E-state index < -0.39 is 5.97 Å². The summed E-state index contributed by atoms with van der Waals surface area (Å²) in [5, 5.41) is 2.69. The van der Waals surface area contributed by atoms with Crippen molar-refractivity contribution in [3.63, 3.8) is 0 Å². The highest BCUT2D eigenvalue weighted by molar-refractivity contribution is 7.21. The number of carbonyl (C=O) groups excluding carboxylic acids is 2. The van der Waals surface area contributed by atoms with E-state index >= 15 is 0 Å². The number of hydrogen-bond acceptors (Lipinski definition) is 7. The second-order valence-electron chi connectivity index (χ2n) is 4.20. The van der Waals surface area contributed by atoms with E-state index in [0.717, 1.165) is 11.3 Å². The van der Waals surface area contributed by atoms with Crippen LogP contribution in [0.2, 0.25) is 0 Å². The van der Waals surface area contributed by atoms with Gasteiger partial charge in [0.1, 0.15) is 15.2 Å². The fourth-order valence-electron chi connectivity index (χ4n) is 1.86. The number of nitrogens with zero attached hydrogens (tertiary/aromatic N) is 3. The highest BCUT2D eigenvalue weighted by Crippen LogP contribution is 2.33. The molecule has 22 heavy (non-hydrogen) atoms. The number of carbonyl (C=O) groups is 2. The van der Waals surface area contributed by atoms with E-state index in [0.29, 0.717) is 21.6 Å². The first-order valence-electron chi connectivity index (χ1n) is 6.24. The molecule has 0 aliphatic carbocycles. The van der Waals surface area contributed by atoms with Gasteiger partial charge in [0, 0.05) is 24.8 Å². The molecule has 1 N–H and O–H groups in total. The first-order chi connectivity index (χ1) is 10.7. The molecule has 0 saturated heterocycles. The number of aromatic nitrogens is 3. The molecular formula is C14H10N4O3S. The summed E-state index contributed by atoms with van der Waals surface area (Å²) in [7, 11) is 1.28. The lowest BCUT2D eigenvalue weighted by Gasteiger charge is -2.05. The van der Waals surface area contributed by atoms with Gasteiger partial charge in [-0.15, -0.1) is 11.3 Å². The first kappa shape index (κ1) is 14.1. The Morgan fingerprint density at radius 2 is 2.05 bits per heavy atom. The predicted molar refractivity (Wildman–Crippen MR) is 80.9 cm³/mol. The van der Waals surface area contributed by atoms with E-state index in [-0.39, 0.29) is 10.8 Å². The molecule has 3 aromatic heterocycles. The number of amides is 1. The summed E-state index contributed by atoms with van der Waals surface area (Å²) < 4.78 is 4.75. The average Bonchev–Trinajstić information content (AvgIpc) is 2.93. The number of hydrogen-bond donors (Lipinski definition) is 1. The van der Waals surface area contributed by atoms with Gasteiger partial charge in [-0.2, -0.15) is 0 Å². The van der Waals surface area contributed by atoms with Crippen molar-refractivity contribution >= 4 is 39.2 Å². The largest absolute Gasteiger partial charge is 0.465 e. The van der Waals surface area contributed by atoms with Gasteiger partial charge < -0.3 is 10.1 Å². The molecule has 3 aromatic rings. The van der Waals surface area contributed by atoms with Crippen LogP contribution in [0.5, 0.6) is 0 Å². The van der Waals surface area contributed by atoms with Crippen LogP contribution in [0.3, 0.4) is 0 Å². The number of nitrogens with one attached hydrogen (secondary N) is 1. The van der Waals surface area contributed by atoms with E-state index in [4.69, 9.17) is 4.74 Å². The summed E-state index contributed by atoms with van der Waals surface area (Å²) in [5.41, 5.74) is 1.13. The molecule has 0 aromatic carbocycles. The molecule has 3 heterocycles. The summed E-state index contributed by atoms with van der Waals surface area (Å²) in [4.78, 5) is 37.2. The smallest absolute Gasteiger partial charge is 0.350 e. The average molecular weight is 314 g/mol. The van der Waals surface area contributed by atoms with Crippen molar-refractivity contribution < 1.29 is 14.3 Å². The maximum absolute atomic E-state index is 12.3. The van der Waals surface area contributed by atoms with Crippen molar-refractivity contribution in [1.82, 2.24) is 15.0 Å². The van der Waals surface area contributed by atoms with Crippen LogP contribution in [0, 0.1) is 0 Å². The van der Waals surface area contributed by atoms with E-state index in [9.17, 15) is 9.59 Å². The van der Waals surface area contributed by atoms with Gasteiger partial charge in [-0.3, -0.25) is 9.78 Å². The van der Waals surface area contributed by atoms with Crippen LogP contribution in [-0.2, 0) is 4.74 Å². The predicted octanol–water partition coefficient (Wildman–Crippen LogP) is 2.13. The van der Waals surface area contributed by atoms with Crippen LogP contribution in [0.4, 0.5) is 5.69 Å². The molecule has 0 bridgehead atoms. The standard InChI is InChI=1S/C14H10N4O3S/c1-21-14(20)11-9(10-13(22-11)17-6-5-16-10)18-12(19)8-3-2-4-15-7-8/h2-7H,1H3,(H,18,19). The summed E-state index contributed by atoms with van der Waals surface area (Å²) in [6.45, 7) is 0. The molecule has 0 fully saturated rings. The van der Waals surface area contributed by atoms with Gasteiger partial charge >= 0.3 is 5.97 Å². The fraction of sp³-hybridized carbons (Fsp3) is 0.0714. The van der Waals surface area contributed by atoms with Crippen LogP contribution in [0.15, 0.2) is 36.9 Å². The molecule has 0 aliphatic rings. The number of anilines is 1. The van der Waals surface area contributed by atoms with E-state index in [1.165, 1.54) is 25.7 Å². The van der Waals surface area contributed by atoms with Crippen LogP contribution in [-0.4, -0.2) is 33.9 Å². The SMILES string of the molecule is COC(=O)c1sc2nccnc2c1NC(=O)c1cccnc1. The number of methoxy groups -OCH3 is 1. The summed E-state index contributed by atoms with van der Waals surface area (Å²) in [6.07, 6.45) is 6.03. The maximum Gasteiger partial charge on any atom is 0.350 e. The van der Waals surface area contributed by atoms with Gasteiger partial charge in [-0.25, -0.2) is 14.8 Å². The molecule has 110 valence electrons. The third kappa shape index (κ3) is 2.51. The van der Waals surface area contributed by atoms with E-state index in [1.54, 1.807) is 18.3 Å². The number of esters is 1. The van der Waals surface area contributed by atoms with Crippen molar-refractivity contribution in [2.45, 2.75) is 0 Å². The van der Waals surface area contributed by atoms with E-state index in [1.807, 2.05) is 0 Å². The van der Waals surface area contributed by atoms with Crippen molar-refractivity contribution in [3.05, 3.63) is 47.4 Å². The topological polar surface area (TPSA) is 94.1 Å². The molecular weight excluding hydrogens is 304 g/mol. The Balaban J connectivity index is 2.05. The molecule has 8 heteroatoms. The zero-order valence-electron chi connectivity index (χ0n) is 11.4.